The van der Waals surface area contributed by atoms with Gasteiger partial charge in [0.1, 0.15) is 17.1 Å². The summed E-state index contributed by atoms with van der Waals surface area (Å²) in [6.45, 7) is 3.89. The number of hydrogen-bond donors (Lipinski definition) is 2. The zero-order valence-corrected chi connectivity index (χ0v) is 14.0. The first kappa shape index (κ1) is 17.5. The number of hydrogen-bond acceptors (Lipinski definition) is 4. The number of carbonyl (C=O) groups is 2. The molecule has 0 fully saturated rings. The molecule has 1 unspecified atom stereocenters. The van der Waals surface area contributed by atoms with Gasteiger partial charge in [0.2, 0.25) is 0 Å². The van der Waals surface area contributed by atoms with Gasteiger partial charge in [-0.3, -0.25) is 9.59 Å². The van der Waals surface area contributed by atoms with Crippen molar-refractivity contribution in [2.45, 2.75) is 26.3 Å². The fourth-order valence-corrected chi connectivity index (χ4v) is 2.02. The standard InChI is InChI=1S/C18H21N3O3/c1-4-12(2)19-17(22)14-9-7-10-15(20-14)18(23)21-13-8-5-6-11-16(13)24-3/h5-12H,4H2,1-3H3,(H,19,22)(H,21,23). The lowest BCUT2D eigenvalue weighted by atomic mass is 10.2. The summed E-state index contributed by atoms with van der Waals surface area (Å²) in [7, 11) is 1.53. The van der Waals surface area contributed by atoms with Gasteiger partial charge in [-0.2, -0.15) is 0 Å². The molecular weight excluding hydrogens is 306 g/mol. The van der Waals surface area contributed by atoms with Crippen molar-refractivity contribution in [1.29, 1.82) is 0 Å². The van der Waals surface area contributed by atoms with Crippen LogP contribution < -0.4 is 15.4 Å². The van der Waals surface area contributed by atoms with Crippen molar-refractivity contribution in [2.24, 2.45) is 0 Å². The number of nitrogens with zero attached hydrogens (tertiary/aromatic N) is 1. The Bertz CT molecular complexity index is 731. The van der Waals surface area contributed by atoms with Crippen LogP contribution in [0, 0.1) is 0 Å². The summed E-state index contributed by atoms with van der Waals surface area (Å²) in [6.07, 6.45) is 0.819. The van der Waals surface area contributed by atoms with Gasteiger partial charge in [-0.25, -0.2) is 4.98 Å². The van der Waals surface area contributed by atoms with Crippen LogP contribution in [0.1, 0.15) is 41.2 Å². The van der Waals surface area contributed by atoms with Gasteiger partial charge in [0, 0.05) is 6.04 Å². The molecule has 6 heteroatoms. The molecule has 126 valence electrons. The van der Waals surface area contributed by atoms with E-state index in [1.807, 2.05) is 19.9 Å². The molecular formula is C18H21N3O3. The van der Waals surface area contributed by atoms with Crippen molar-refractivity contribution in [3.8, 4) is 5.75 Å². The second-order valence-corrected chi connectivity index (χ2v) is 5.35. The van der Waals surface area contributed by atoms with Gasteiger partial charge >= 0.3 is 0 Å². The summed E-state index contributed by atoms with van der Waals surface area (Å²) < 4.78 is 5.20. The molecule has 1 aromatic heterocycles. The van der Waals surface area contributed by atoms with E-state index in [1.165, 1.54) is 7.11 Å². The van der Waals surface area contributed by atoms with Crippen molar-refractivity contribution in [3.05, 3.63) is 53.9 Å². The monoisotopic (exact) mass is 327 g/mol. The van der Waals surface area contributed by atoms with Crippen molar-refractivity contribution in [2.75, 3.05) is 12.4 Å². The molecule has 0 bridgehead atoms. The zero-order valence-electron chi connectivity index (χ0n) is 14.0. The van der Waals surface area contributed by atoms with E-state index in [9.17, 15) is 9.59 Å². The molecule has 1 atom stereocenters. The molecule has 0 saturated carbocycles. The molecule has 2 N–H and O–H groups in total. The molecule has 1 aromatic carbocycles. The molecule has 2 amide bonds. The third kappa shape index (κ3) is 4.32. The third-order valence-electron chi connectivity index (χ3n) is 3.56. The summed E-state index contributed by atoms with van der Waals surface area (Å²) in [6, 6.07) is 11.9. The summed E-state index contributed by atoms with van der Waals surface area (Å²) in [4.78, 5) is 28.6. The first-order chi connectivity index (χ1) is 11.5. The average Bonchev–Trinajstić information content (AvgIpc) is 2.62. The number of nitrogens with one attached hydrogen (secondary N) is 2. The summed E-state index contributed by atoms with van der Waals surface area (Å²) in [5, 5.41) is 5.56. The highest BCUT2D eigenvalue weighted by Crippen LogP contribution is 2.23. The maximum Gasteiger partial charge on any atom is 0.274 e. The minimum absolute atomic E-state index is 0.0466. The smallest absolute Gasteiger partial charge is 0.274 e. The van der Waals surface area contributed by atoms with Crippen LogP contribution >= 0.6 is 0 Å². The topological polar surface area (TPSA) is 80.3 Å². The van der Waals surface area contributed by atoms with Gasteiger partial charge in [0.25, 0.3) is 11.8 Å². The number of amides is 2. The van der Waals surface area contributed by atoms with Crippen LogP contribution in [-0.2, 0) is 0 Å². The normalized spacial score (nSPS) is 11.5. The van der Waals surface area contributed by atoms with Crippen LogP contribution in [0.5, 0.6) is 5.75 Å². The van der Waals surface area contributed by atoms with Crippen molar-refractivity contribution in [3.63, 3.8) is 0 Å². The van der Waals surface area contributed by atoms with Crippen molar-refractivity contribution in [1.82, 2.24) is 10.3 Å². The second-order valence-electron chi connectivity index (χ2n) is 5.35. The number of benzene rings is 1. The first-order valence-corrected chi connectivity index (χ1v) is 7.77. The molecule has 0 saturated heterocycles. The van der Waals surface area contributed by atoms with Crippen molar-refractivity contribution >= 4 is 17.5 Å². The molecule has 2 rings (SSSR count). The van der Waals surface area contributed by atoms with Gasteiger partial charge in [0.15, 0.2) is 0 Å². The molecule has 1 heterocycles. The van der Waals surface area contributed by atoms with E-state index in [0.29, 0.717) is 11.4 Å². The fourth-order valence-electron chi connectivity index (χ4n) is 2.02. The number of ether oxygens (including phenoxy) is 1. The Balaban J connectivity index is 2.16. The Morgan fingerprint density at radius 2 is 1.75 bits per heavy atom. The predicted octanol–water partition coefficient (Wildman–Crippen LogP) is 2.87. The molecule has 2 aromatic rings. The Morgan fingerprint density at radius 1 is 1.08 bits per heavy atom. The maximum absolute atomic E-state index is 12.4. The van der Waals surface area contributed by atoms with E-state index in [2.05, 4.69) is 15.6 Å². The van der Waals surface area contributed by atoms with Crippen LogP contribution in [0.2, 0.25) is 0 Å². The zero-order chi connectivity index (χ0) is 17.5. The molecule has 0 aliphatic heterocycles. The Hall–Kier alpha value is -2.89. The summed E-state index contributed by atoms with van der Waals surface area (Å²) in [5.41, 5.74) is 0.918. The average molecular weight is 327 g/mol. The number of methoxy groups -OCH3 is 1. The van der Waals surface area contributed by atoms with E-state index in [1.54, 1.807) is 36.4 Å². The predicted molar refractivity (Wildman–Crippen MR) is 92.4 cm³/mol. The summed E-state index contributed by atoms with van der Waals surface area (Å²) in [5.74, 6) is -0.148. The highest BCUT2D eigenvalue weighted by molar-refractivity contribution is 6.04. The lowest BCUT2D eigenvalue weighted by molar-refractivity contribution is 0.0934. The first-order valence-electron chi connectivity index (χ1n) is 7.77. The number of aromatic nitrogens is 1. The van der Waals surface area contributed by atoms with E-state index in [0.717, 1.165) is 6.42 Å². The van der Waals surface area contributed by atoms with E-state index in [4.69, 9.17) is 4.74 Å². The Morgan fingerprint density at radius 3 is 2.42 bits per heavy atom. The minimum Gasteiger partial charge on any atom is -0.495 e. The maximum atomic E-state index is 12.4. The number of pyridine rings is 1. The summed E-state index contributed by atoms with van der Waals surface area (Å²) >= 11 is 0. The number of rotatable bonds is 6. The van der Waals surface area contributed by atoms with Crippen LogP contribution in [0.25, 0.3) is 0 Å². The molecule has 0 aliphatic carbocycles. The highest BCUT2D eigenvalue weighted by atomic mass is 16.5. The third-order valence-corrected chi connectivity index (χ3v) is 3.56. The molecule has 6 nitrogen and oxygen atoms in total. The number of para-hydroxylation sites is 2. The number of carbonyl (C=O) groups excluding carboxylic acids is 2. The van der Waals surface area contributed by atoms with Crippen molar-refractivity contribution < 1.29 is 14.3 Å². The van der Waals surface area contributed by atoms with Gasteiger partial charge in [-0.1, -0.05) is 25.1 Å². The van der Waals surface area contributed by atoms with Gasteiger partial charge in [-0.15, -0.1) is 0 Å². The number of anilines is 1. The van der Waals surface area contributed by atoms with Gasteiger partial charge in [-0.05, 0) is 37.6 Å². The molecule has 0 spiro atoms. The molecule has 0 aliphatic rings. The Kier molecular flexibility index (Phi) is 5.89. The minimum atomic E-state index is -0.405. The van der Waals surface area contributed by atoms with E-state index < -0.39 is 5.91 Å². The SMILES string of the molecule is CCC(C)NC(=O)c1cccc(C(=O)Nc2ccccc2OC)n1. The van der Waals surface area contributed by atoms with Crippen LogP contribution in [0.15, 0.2) is 42.5 Å². The lowest BCUT2D eigenvalue weighted by Crippen LogP contribution is -2.32. The second kappa shape index (κ2) is 8.10. The fraction of sp³-hybridized carbons (Fsp3) is 0.278. The van der Waals surface area contributed by atoms with E-state index in [-0.39, 0.29) is 23.3 Å². The van der Waals surface area contributed by atoms with Gasteiger partial charge < -0.3 is 15.4 Å². The Labute approximate surface area is 141 Å². The quantitative estimate of drug-likeness (QED) is 0.855. The lowest BCUT2D eigenvalue weighted by Gasteiger charge is -2.12. The van der Waals surface area contributed by atoms with E-state index >= 15 is 0 Å². The highest BCUT2D eigenvalue weighted by Gasteiger charge is 2.15. The van der Waals surface area contributed by atoms with Gasteiger partial charge in [0.05, 0.1) is 12.8 Å². The van der Waals surface area contributed by atoms with Crippen LogP contribution in [-0.4, -0.2) is 29.9 Å². The van der Waals surface area contributed by atoms with Crippen LogP contribution in [0.4, 0.5) is 5.69 Å². The molecule has 24 heavy (non-hydrogen) atoms. The molecule has 0 radical (unpaired) electrons. The largest absolute Gasteiger partial charge is 0.495 e. The van der Waals surface area contributed by atoms with Crippen LogP contribution in [0.3, 0.4) is 0 Å².